The number of rotatable bonds is 7. The number of hydrogen-bond acceptors (Lipinski definition) is 7. The standard InChI is InChI=1S/C29H29N3O3S/c1-19-30-31-29(36-19)28-16-25-26(7-4-8-27(25)35-28)34-18-24(33)17-32-13-11-21(12-14-32)23-10-9-20-5-2-3-6-22(20)15-23/h2-10,15-16,21,24,33H,11-14,17-18H2,1H3/t24-/m0/s1. The summed E-state index contributed by atoms with van der Waals surface area (Å²) in [6, 6.07) is 23.1. The van der Waals surface area contributed by atoms with Gasteiger partial charge in [0.25, 0.3) is 0 Å². The van der Waals surface area contributed by atoms with Gasteiger partial charge >= 0.3 is 0 Å². The molecular weight excluding hydrogens is 470 g/mol. The van der Waals surface area contributed by atoms with E-state index < -0.39 is 6.10 Å². The molecule has 5 aromatic rings. The summed E-state index contributed by atoms with van der Waals surface area (Å²) in [7, 11) is 0. The molecule has 1 saturated heterocycles. The van der Waals surface area contributed by atoms with Crippen LogP contribution in [0.2, 0.25) is 0 Å². The van der Waals surface area contributed by atoms with Crippen LogP contribution in [0.15, 0.2) is 71.1 Å². The Balaban J connectivity index is 1.04. The molecule has 1 N–H and O–H groups in total. The highest BCUT2D eigenvalue weighted by molar-refractivity contribution is 7.14. The van der Waals surface area contributed by atoms with Gasteiger partial charge in [0.2, 0.25) is 0 Å². The minimum Gasteiger partial charge on any atom is -0.490 e. The van der Waals surface area contributed by atoms with Crippen LogP contribution in [0.3, 0.4) is 0 Å². The van der Waals surface area contributed by atoms with Crippen LogP contribution in [0.1, 0.15) is 29.3 Å². The van der Waals surface area contributed by atoms with Gasteiger partial charge in [-0.3, -0.25) is 0 Å². The van der Waals surface area contributed by atoms with Crippen molar-refractivity contribution in [2.24, 2.45) is 0 Å². The van der Waals surface area contributed by atoms with E-state index >= 15 is 0 Å². The number of aliphatic hydroxyl groups is 1. The number of β-amino-alcohol motifs (C(OH)–C–C–N with tert-alkyl or cyclic N) is 1. The maximum atomic E-state index is 10.7. The molecule has 3 heterocycles. The fourth-order valence-electron chi connectivity index (χ4n) is 5.11. The Morgan fingerprint density at radius 1 is 1.03 bits per heavy atom. The van der Waals surface area contributed by atoms with E-state index in [1.165, 1.54) is 27.7 Å². The number of fused-ring (bicyclic) bond motifs is 2. The van der Waals surface area contributed by atoms with Gasteiger partial charge in [0.05, 0.1) is 5.39 Å². The predicted molar refractivity (Wildman–Crippen MR) is 144 cm³/mol. The van der Waals surface area contributed by atoms with Gasteiger partial charge in [-0.2, -0.15) is 0 Å². The third-order valence-corrected chi connectivity index (χ3v) is 7.84. The van der Waals surface area contributed by atoms with Crippen LogP contribution in [-0.2, 0) is 0 Å². The van der Waals surface area contributed by atoms with Crippen LogP contribution >= 0.6 is 11.3 Å². The number of aliphatic hydroxyl groups excluding tert-OH is 1. The topological polar surface area (TPSA) is 71.6 Å². The van der Waals surface area contributed by atoms with Crippen LogP contribution in [0.25, 0.3) is 32.5 Å². The molecule has 3 aromatic carbocycles. The Hall–Kier alpha value is -3.26. The van der Waals surface area contributed by atoms with Gasteiger partial charge < -0.3 is 19.2 Å². The summed E-state index contributed by atoms with van der Waals surface area (Å²) in [5, 5.41) is 24.1. The van der Waals surface area contributed by atoms with Crippen LogP contribution in [0.5, 0.6) is 5.75 Å². The van der Waals surface area contributed by atoms with E-state index in [1.54, 1.807) is 0 Å². The summed E-state index contributed by atoms with van der Waals surface area (Å²) in [6.07, 6.45) is 1.65. The lowest BCUT2D eigenvalue weighted by Gasteiger charge is -2.33. The molecule has 6 nitrogen and oxygen atoms in total. The first-order valence-corrected chi connectivity index (χ1v) is 13.3. The molecule has 0 spiro atoms. The second-order valence-electron chi connectivity index (χ2n) is 9.55. The van der Waals surface area contributed by atoms with Gasteiger partial charge in [-0.1, -0.05) is 59.9 Å². The first-order valence-electron chi connectivity index (χ1n) is 12.5. The van der Waals surface area contributed by atoms with Crippen molar-refractivity contribution in [3.63, 3.8) is 0 Å². The van der Waals surface area contributed by atoms with Crippen LogP contribution in [0.4, 0.5) is 0 Å². The quantitative estimate of drug-likeness (QED) is 0.295. The summed E-state index contributed by atoms with van der Waals surface area (Å²) < 4.78 is 12.0. The molecule has 0 radical (unpaired) electrons. The molecule has 0 amide bonds. The summed E-state index contributed by atoms with van der Waals surface area (Å²) in [5.74, 6) is 1.96. The maximum absolute atomic E-state index is 10.7. The zero-order valence-electron chi connectivity index (χ0n) is 20.3. The highest BCUT2D eigenvalue weighted by Gasteiger charge is 2.23. The summed E-state index contributed by atoms with van der Waals surface area (Å²) in [5.41, 5.74) is 2.16. The van der Waals surface area contributed by atoms with E-state index in [1.807, 2.05) is 31.2 Å². The maximum Gasteiger partial charge on any atom is 0.183 e. The van der Waals surface area contributed by atoms with Crippen molar-refractivity contribution >= 4 is 33.1 Å². The number of nitrogens with zero attached hydrogens (tertiary/aromatic N) is 3. The van der Waals surface area contributed by atoms with Gasteiger partial charge in [0.15, 0.2) is 10.8 Å². The van der Waals surface area contributed by atoms with Crippen molar-refractivity contribution in [2.75, 3.05) is 26.2 Å². The largest absolute Gasteiger partial charge is 0.490 e. The fraction of sp³-hybridized carbons (Fsp3) is 0.310. The van der Waals surface area contributed by atoms with Gasteiger partial charge in [-0.05, 0) is 73.3 Å². The summed E-state index contributed by atoms with van der Waals surface area (Å²) in [6.45, 7) is 4.74. The highest BCUT2D eigenvalue weighted by atomic mass is 32.1. The number of benzene rings is 3. The second-order valence-corrected chi connectivity index (χ2v) is 10.7. The molecule has 2 aromatic heterocycles. The van der Waals surface area contributed by atoms with Gasteiger partial charge in [0.1, 0.15) is 29.1 Å². The number of ether oxygens (including phenoxy) is 1. The Morgan fingerprint density at radius 2 is 1.86 bits per heavy atom. The first kappa shape index (κ1) is 23.2. The van der Waals surface area contributed by atoms with Gasteiger partial charge in [-0.15, -0.1) is 10.2 Å². The Morgan fingerprint density at radius 3 is 2.67 bits per heavy atom. The first-order chi connectivity index (χ1) is 17.6. The van der Waals surface area contributed by atoms with Crippen molar-refractivity contribution in [2.45, 2.75) is 31.8 Å². The molecule has 7 heteroatoms. The zero-order chi connectivity index (χ0) is 24.5. The van der Waals surface area contributed by atoms with Crippen molar-refractivity contribution in [1.29, 1.82) is 0 Å². The molecular formula is C29H29N3O3S. The minimum absolute atomic E-state index is 0.238. The number of aromatic nitrogens is 2. The molecule has 1 aliphatic rings. The number of hydrogen-bond donors (Lipinski definition) is 1. The zero-order valence-corrected chi connectivity index (χ0v) is 21.1. The molecule has 0 saturated carbocycles. The van der Waals surface area contributed by atoms with E-state index in [2.05, 4.69) is 57.6 Å². The molecule has 0 unspecified atom stereocenters. The number of aryl methyl sites for hydroxylation is 1. The molecule has 6 rings (SSSR count). The van der Waals surface area contributed by atoms with Crippen LogP contribution in [0, 0.1) is 6.92 Å². The summed E-state index contributed by atoms with van der Waals surface area (Å²) >= 11 is 1.50. The van der Waals surface area contributed by atoms with Crippen molar-refractivity contribution in [3.05, 3.63) is 77.3 Å². The van der Waals surface area contributed by atoms with Crippen LogP contribution < -0.4 is 4.74 Å². The average Bonchev–Trinajstić information content (AvgIpc) is 3.54. The fourth-order valence-corrected chi connectivity index (χ4v) is 5.75. The van der Waals surface area contributed by atoms with Crippen molar-refractivity contribution in [3.8, 4) is 16.5 Å². The average molecular weight is 500 g/mol. The number of piperidine rings is 1. The molecule has 36 heavy (non-hydrogen) atoms. The monoisotopic (exact) mass is 499 g/mol. The molecule has 0 aliphatic carbocycles. The van der Waals surface area contributed by atoms with E-state index in [9.17, 15) is 5.11 Å². The molecule has 1 aliphatic heterocycles. The third kappa shape index (κ3) is 4.87. The molecule has 0 bridgehead atoms. The number of furan rings is 1. The highest BCUT2D eigenvalue weighted by Crippen LogP contribution is 2.35. The normalized spacial score (nSPS) is 16.1. The molecule has 184 valence electrons. The van der Waals surface area contributed by atoms with Crippen molar-refractivity contribution < 1.29 is 14.3 Å². The van der Waals surface area contributed by atoms with E-state index in [0.717, 1.165) is 46.9 Å². The third-order valence-electron chi connectivity index (χ3n) is 6.99. The van der Waals surface area contributed by atoms with E-state index in [4.69, 9.17) is 9.15 Å². The summed E-state index contributed by atoms with van der Waals surface area (Å²) in [4.78, 5) is 2.35. The lowest BCUT2D eigenvalue weighted by Crippen LogP contribution is -2.40. The molecule has 1 atom stereocenters. The second kappa shape index (κ2) is 10.0. The lowest BCUT2D eigenvalue weighted by atomic mass is 9.88. The SMILES string of the molecule is Cc1nnc(-c2cc3c(OC[C@@H](O)CN4CCC(c5ccc6ccccc6c5)CC4)cccc3o2)s1. The smallest absolute Gasteiger partial charge is 0.183 e. The Labute approximate surface area is 214 Å². The Kier molecular flexibility index (Phi) is 6.44. The van der Waals surface area contributed by atoms with Gasteiger partial charge in [0, 0.05) is 6.54 Å². The lowest BCUT2D eigenvalue weighted by molar-refractivity contribution is 0.0599. The van der Waals surface area contributed by atoms with E-state index in [-0.39, 0.29) is 6.61 Å². The minimum atomic E-state index is -0.561. The van der Waals surface area contributed by atoms with Crippen LogP contribution in [-0.4, -0.2) is 52.5 Å². The van der Waals surface area contributed by atoms with Crippen molar-refractivity contribution in [1.82, 2.24) is 15.1 Å². The van der Waals surface area contributed by atoms with E-state index in [0.29, 0.717) is 24.0 Å². The molecule has 1 fully saturated rings. The Bertz CT molecular complexity index is 1490. The predicted octanol–water partition coefficient (Wildman–Crippen LogP) is 6.03. The number of likely N-dealkylation sites (tertiary alicyclic amines) is 1. The van der Waals surface area contributed by atoms with Gasteiger partial charge in [-0.25, -0.2) is 0 Å².